The van der Waals surface area contributed by atoms with Gasteiger partial charge in [0.2, 0.25) is 0 Å². The van der Waals surface area contributed by atoms with Crippen molar-refractivity contribution in [2.24, 2.45) is 5.92 Å². The van der Waals surface area contributed by atoms with E-state index in [1.807, 2.05) is 37.3 Å². The van der Waals surface area contributed by atoms with Gasteiger partial charge in [-0.05, 0) is 30.5 Å². The second-order valence-corrected chi connectivity index (χ2v) is 7.84. The van der Waals surface area contributed by atoms with E-state index in [1.165, 1.54) is 5.56 Å². The normalized spacial score (nSPS) is 27.7. The Morgan fingerprint density at radius 1 is 1.11 bits per heavy atom. The quantitative estimate of drug-likeness (QED) is 0.768. The molecule has 2 bridgehead atoms. The van der Waals surface area contributed by atoms with E-state index in [0.29, 0.717) is 12.8 Å². The highest BCUT2D eigenvalue weighted by molar-refractivity contribution is 6.03. The molecule has 1 aromatic heterocycles. The lowest BCUT2D eigenvalue weighted by Crippen LogP contribution is -2.62. The molecule has 3 atom stereocenters. The summed E-state index contributed by atoms with van der Waals surface area (Å²) in [6.45, 7) is 3.57. The summed E-state index contributed by atoms with van der Waals surface area (Å²) in [7, 11) is 0. The molecule has 1 N–H and O–H groups in total. The van der Waals surface area contributed by atoms with Crippen LogP contribution in [0.1, 0.15) is 42.0 Å². The smallest absolute Gasteiger partial charge is 0.185 e. The maximum atomic E-state index is 13.2. The third-order valence-corrected chi connectivity index (χ3v) is 6.46. The molecule has 4 heteroatoms. The minimum Gasteiger partial charge on any atom is -0.386 e. The summed E-state index contributed by atoms with van der Waals surface area (Å²) in [5.74, 6) is -0.234. The van der Waals surface area contributed by atoms with Crippen LogP contribution >= 0.6 is 0 Å². The number of ketones is 1. The third kappa shape index (κ3) is 2.33. The number of carbonyl (C=O) groups excluding carboxylic acids is 1. The molecule has 27 heavy (non-hydrogen) atoms. The Kier molecular flexibility index (Phi) is 3.74. The topological polar surface area (TPSA) is 45.5 Å². The van der Waals surface area contributed by atoms with E-state index in [1.54, 1.807) is 0 Å². The molecule has 3 aromatic rings. The largest absolute Gasteiger partial charge is 0.386 e. The Hall–Kier alpha value is -2.43. The molecule has 0 radical (unpaired) electrons. The van der Waals surface area contributed by atoms with Gasteiger partial charge < -0.3 is 9.67 Å². The van der Waals surface area contributed by atoms with Crippen molar-refractivity contribution < 1.29 is 9.90 Å². The van der Waals surface area contributed by atoms with Crippen molar-refractivity contribution in [2.75, 3.05) is 6.54 Å². The van der Waals surface area contributed by atoms with Crippen molar-refractivity contribution in [3.63, 3.8) is 0 Å². The van der Waals surface area contributed by atoms with Crippen LogP contribution in [0.2, 0.25) is 0 Å². The van der Waals surface area contributed by atoms with Gasteiger partial charge in [0.15, 0.2) is 5.78 Å². The zero-order valence-electron chi connectivity index (χ0n) is 15.5. The molecule has 1 saturated heterocycles. The molecule has 138 valence electrons. The highest BCUT2D eigenvalue weighted by atomic mass is 16.3. The molecule has 2 aromatic carbocycles. The number of benzene rings is 2. The van der Waals surface area contributed by atoms with Crippen molar-refractivity contribution in [3.05, 3.63) is 71.9 Å². The number of piperidine rings is 1. The minimum absolute atomic E-state index is 0.0890. The Morgan fingerprint density at radius 3 is 2.63 bits per heavy atom. The van der Waals surface area contributed by atoms with Gasteiger partial charge in [0, 0.05) is 18.5 Å². The number of para-hydroxylation sites is 1. The number of hydrogen-bond acceptors (Lipinski definition) is 3. The SMILES string of the molecule is CCC1(O)[C@@H]2N(Cc3ccccc3)CC[C@H]1C(=O)c1cc3ccccc3n12. The lowest BCUT2D eigenvalue weighted by Gasteiger charge is -2.54. The second-order valence-electron chi connectivity index (χ2n) is 7.84. The first-order chi connectivity index (χ1) is 13.1. The first-order valence-electron chi connectivity index (χ1n) is 9.78. The fraction of sp³-hybridized carbons (Fsp3) is 0.348. The van der Waals surface area contributed by atoms with Gasteiger partial charge in [0.1, 0.15) is 11.8 Å². The number of Topliss-reactive ketones (excluding diaryl/α,β-unsaturated/α-hetero) is 1. The van der Waals surface area contributed by atoms with E-state index in [9.17, 15) is 9.90 Å². The second kappa shape index (κ2) is 6.04. The van der Waals surface area contributed by atoms with Gasteiger partial charge >= 0.3 is 0 Å². The van der Waals surface area contributed by atoms with Crippen LogP contribution in [0.4, 0.5) is 0 Å². The van der Waals surface area contributed by atoms with Gasteiger partial charge in [0.25, 0.3) is 0 Å². The zero-order valence-corrected chi connectivity index (χ0v) is 15.5. The number of hydrogen-bond donors (Lipinski definition) is 1. The Bertz CT molecular complexity index is 1010. The first kappa shape index (κ1) is 16.7. The molecule has 4 nitrogen and oxygen atoms in total. The Morgan fingerprint density at radius 2 is 1.85 bits per heavy atom. The standard InChI is InChI=1S/C23H24N2O2/c1-2-23(27)18-12-13-24(15-16-8-4-3-5-9-16)22(23)25-19-11-7-6-10-17(19)14-20(25)21(18)26/h3-11,14,18,22,27H,2,12-13,15H2,1H3/t18-,22+,23?/m0/s1. The molecule has 0 saturated carbocycles. The molecule has 3 heterocycles. The van der Waals surface area contributed by atoms with E-state index in [2.05, 4.69) is 39.8 Å². The van der Waals surface area contributed by atoms with Crippen molar-refractivity contribution in [3.8, 4) is 0 Å². The summed E-state index contributed by atoms with van der Waals surface area (Å²) in [6.07, 6.45) is 1.04. The predicted molar refractivity (Wildman–Crippen MR) is 106 cm³/mol. The summed E-state index contributed by atoms with van der Waals surface area (Å²) in [5, 5.41) is 12.8. The van der Waals surface area contributed by atoms with E-state index >= 15 is 0 Å². The van der Waals surface area contributed by atoms with E-state index in [-0.39, 0.29) is 17.9 Å². The molecule has 0 spiro atoms. The number of fused-ring (bicyclic) bond motifs is 6. The lowest BCUT2D eigenvalue weighted by molar-refractivity contribution is -0.149. The lowest BCUT2D eigenvalue weighted by atomic mass is 9.71. The molecule has 2 aliphatic heterocycles. The predicted octanol–water partition coefficient (Wildman–Crippen LogP) is 4.00. The first-order valence-corrected chi connectivity index (χ1v) is 9.78. The highest BCUT2D eigenvalue weighted by Gasteiger charge is 2.56. The van der Waals surface area contributed by atoms with Crippen molar-refractivity contribution >= 4 is 16.7 Å². The summed E-state index contributed by atoms with van der Waals surface area (Å²) in [4.78, 5) is 15.6. The monoisotopic (exact) mass is 360 g/mol. The molecular formula is C23H24N2O2. The maximum Gasteiger partial charge on any atom is 0.185 e. The summed E-state index contributed by atoms with van der Waals surface area (Å²) in [5.41, 5.74) is 1.95. The van der Waals surface area contributed by atoms with Crippen LogP contribution in [-0.2, 0) is 6.54 Å². The number of aromatic nitrogens is 1. The van der Waals surface area contributed by atoms with Crippen molar-refractivity contribution in [1.29, 1.82) is 0 Å². The van der Waals surface area contributed by atoms with E-state index in [0.717, 1.165) is 29.7 Å². The third-order valence-electron chi connectivity index (χ3n) is 6.46. The zero-order chi connectivity index (χ0) is 18.6. The van der Waals surface area contributed by atoms with Gasteiger partial charge in [-0.3, -0.25) is 9.69 Å². The molecule has 2 aliphatic rings. The van der Waals surface area contributed by atoms with Gasteiger partial charge in [-0.15, -0.1) is 0 Å². The number of carbonyl (C=O) groups is 1. The minimum atomic E-state index is -1.04. The maximum absolute atomic E-state index is 13.2. The summed E-state index contributed by atoms with van der Waals surface area (Å²) in [6, 6.07) is 20.5. The number of rotatable bonds is 3. The number of aliphatic hydroxyl groups is 1. The van der Waals surface area contributed by atoms with Gasteiger partial charge in [-0.25, -0.2) is 0 Å². The molecule has 0 amide bonds. The molecule has 5 rings (SSSR count). The van der Waals surface area contributed by atoms with Crippen LogP contribution in [0.25, 0.3) is 10.9 Å². The van der Waals surface area contributed by atoms with E-state index in [4.69, 9.17) is 0 Å². The van der Waals surface area contributed by atoms with Crippen LogP contribution in [0.3, 0.4) is 0 Å². The van der Waals surface area contributed by atoms with Gasteiger partial charge in [0.05, 0.1) is 17.1 Å². The molecular weight excluding hydrogens is 336 g/mol. The average molecular weight is 360 g/mol. The van der Waals surface area contributed by atoms with Crippen molar-refractivity contribution in [1.82, 2.24) is 9.47 Å². The fourth-order valence-corrected chi connectivity index (χ4v) is 5.13. The summed E-state index contributed by atoms with van der Waals surface area (Å²) < 4.78 is 2.10. The van der Waals surface area contributed by atoms with Gasteiger partial charge in [-0.1, -0.05) is 55.5 Å². The van der Waals surface area contributed by atoms with Crippen molar-refractivity contribution in [2.45, 2.75) is 38.1 Å². The fourth-order valence-electron chi connectivity index (χ4n) is 5.13. The number of likely N-dealkylation sites (tertiary alicyclic amines) is 1. The van der Waals surface area contributed by atoms with Crippen LogP contribution < -0.4 is 0 Å². The molecule has 1 fully saturated rings. The Labute approximate surface area is 159 Å². The average Bonchev–Trinajstić information content (AvgIpc) is 3.07. The molecule has 1 unspecified atom stereocenters. The van der Waals surface area contributed by atoms with Crippen LogP contribution in [0.15, 0.2) is 60.7 Å². The van der Waals surface area contributed by atoms with Crippen LogP contribution in [0.5, 0.6) is 0 Å². The van der Waals surface area contributed by atoms with E-state index < -0.39 is 5.60 Å². The molecule has 0 aliphatic carbocycles. The highest BCUT2D eigenvalue weighted by Crippen LogP contribution is 2.49. The van der Waals surface area contributed by atoms with Crippen LogP contribution in [-0.4, -0.2) is 32.5 Å². The van der Waals surface area contributed by atoms with Gasteiger partial charge in [-0.2, -0.15) is 0 Å². The van der Waals surface area contributed by atoms with Crippen LogP contribution in [0, 0.1) is 5.92 Å². The summed E-state index contributed by atoms with van der Waals surface area (Å²) >= 11 is 0. The Balaban J connectivity index is 1.70. The number of nitrogens with zero attached hydrogens (tertiary/aromatic N) is 2.